The third kappa shape index (κ3) is 4.74. The summed E-state index contributed by atoms with van der Waals surface area (Å²) < 4.78 is 10.3. The Balaban J connectivity index is 2.50. The average Bonchev–Trinajstić information content (AvgIpc) is 2.39. The van der Waals surface area contributed by atoms with Crippen LogP contribution in [0, 0.1) is 0 Å². The standard InChI is InChI=1S/C14H24N2O2/c1-16(2)13(12-8-6-5-7-9-12)10-15-11-14(17-3)18-4/h5-9,13-15H,10-11H2,1-4H3. The summed E-state index contributed by atoms with van der Waals surface area (Å²) in [5.74, 6) is 0. The summed E-state index contributed by atoms with van der Waals surface area (Å²) >= 11 is 0. The Hall–Kier alpha value is -0.940. The van der Waals surface area contributed by atoms with Gasteiger partial charge in [-0.15, -0.1) is 0 Å². The smallest absolute Gasteiger partial charge is 0.169 e. The first-order valence-electron chi connectivity index (χ1n) is 6.16. The molecule has 0 bridgehead atoms. The van der Waals surface area contributed by atoms with Gasteiger partial charge < -0.3 is 19.7 Å². The second kappa shape index (κ2) is 8.21. The number of likely N-dealkylation sites (N-methyl/N-ethyl adjacent to an activating group) is 1. The Kier molecular flexibility index (Phi) is 6.90. The number of rotatable bonds is 8. The van der Waals surface area contributed by atoms with E-state index in [4.69, 9.17) is 9.47 Å². The number of hydrogen-bond donors (Lipinski definition) is 1. The van der Waals surface area contributed by atoms with E-state index >= 15 is 0 Å². The van der Waals surface area contributed by atoms with Gasteiger partial charge in [0.2, 0.25) is 0 Å². The van der Waals surface area contributed by atoms with Crippen LogP contribution in [0.4, 0.5) is 0 Å². The fourth-order valence-corrected chi connectivity index (χ4v) is 1.87. The van der Waals surface area contributed by atoms with Gasteiger partial charge in [0.15, 0.2) is 6.29 Å². The Morgan fingerprint density at radius 1 is 1.06 bits per heavy atom. The maximum Gasteiger partial charge on any atom is 0.169 e. The molecule has 102 valence electrons. The minimum absolute atomic E-state index is 0.191. The molecule has 4 heteroatoms. The van der Waals surface area contributed by atoms with Crippen LogP contribution in [-0.4, -0.2) is 52.6 Å². The van der Waals surface area contributed by atoms with Gasteiger partial charge in [-0.2, -0.15) is 0 Å². The fraction of sp³-hybridized carbons (Fsp3) is 0.571. The highest BCUT2D eigenvalue weighted by atomic mass is 16.7. The summed E-state index contributed by atoms with van der Waals surface area (Å²) in [7, 11) is 7.47. The average molecular weight is 252 g/mol. The molecule has 0 fully saturated rings. The molecule has 1 N–H and O–H groups in total. The predicted octanol–water partition coefficient (Wildman–Crippen LogP) is 1.50. The van der Waals surface area contributed by atoms with E-state index in [0.29, 0.717) is 12.6 Å². The van der Waals surface area contributed by atoms with E-state index in [9.17, 15) is 0 Å². The Labute approximate surface area is 110 Å². The maximum absolute atomic E-state index is 5.15. The van der Waals surface area contributed by atoms with Crippen molar-refractivity contribution in [2.45, 2.75) is 12.3 Å². The first-order valence-corrected chi connectivity index (χ1v) is 6.16. The van der Waals surface area contributed by atoms with Crippen LogP contribution in [0.25, 0.3) is 0 Å². The highest BCUT2D eigenvalue weighted by Gasteiger charge is 2.14. The van der Waals surface area contributed by atoms with E-state index < -0.39 is 0 Å². The van der Waals surface area contributed by atoms with Crippen molar-refractivity contribution in [3.05, 3.63) is 35.9 Å². The van der Waals surface area contributed by atoms with Crippen LogP contribution in [0.1, 0.15) is 11.6 Å². The van der Waals surface area contributed by atoms with E-state index in [-0.39, 0.29) is 6.29 Å². The molecule has 0 saturated heterocycles. The molecule has 1 atom stereocenters. The van der Waals surface area contributed by atoms with Gasteiger partial charge in [0.25, 0.3) is 0 Å². The van der Waals surface area contributed by atoms with E-state index in [2.05, 4.69) is 48.6 Å². The summed E-state index contributed by atoms with van der Waals surface area (Å²) in [6.45, 7) is 1.55. The molecule has 0 heterocycles. The molecule has 1 aromatic carbocycles. The Morgan fingerprint density at radius 2 is 1.67 bits per heavy atom. The molecule has 4 nitrogen and oxygen atoms in total. The molecule has 0 amide bonds. The third-order valence-corrected chi connectivity index (χ3v) is 2.98. The van der Waals surface area contributed by atoms with Crippen molar-refractivity contribution < 1.29 is 9.47 Å². The van der Waals surface area contributed by atoms with Gasteiger partial charge in [0, 0.05) is 33.4 Å². The first kappa shape index (κ1) is 15.1. The fourth-order valence-electron chi connectivity index (χ4n) is 1.87. The first-order chi connectivity index (χ1) is 8.69. The van der Waals surface area contributed by atoms with Gasteiger partial charge in [0.1, 0.15) is 0 Å². The summed E-state index contributed by atoms with van der Waals surface area (Å²) in [6.07, 6.45) is -0.191. The number of nitrogens with zero attached hydrogens (tertiary/aromatic N) is 1. The van der Waals surface area contributed by atoms with Gasteiger partial charge in [-0.3, -0.25) is 0 Å². The van der Waals surface area contributed by atoms with E-state index in [1.165, 1.54) is 5.56 Å². The SMILES string of the molecule is COC(CNCC(c1ccccc1)N(C)C)OC. The summed E-state index contributed by atoms with van der Waals surface area (Å²) in [5, 5.41) is 3.38. The van der Waals surface area contributed by atoms with Crippen LogP contribution >= 0.6 is 0 Å². The minimum atomic E-state index is -0.191. The van der Waals surface area contributed by atoms with Crippen LogP contribution in [0.3, 0.4) is 0 Å². The predicted molar refractivity (Wildman–Crippen MR) is 73.5 cm³/mol. The van der Waals surface area contributed by atoms with Gasteiger partial charge in [0.05, 0.1) is 0 Å². The van der Waals surface area contributed by atoms with Crippen LogP contribution in [0.5, 0.6) is 0 Å². The van der Waals surface area contributed by atoms with Crippen molar-refractivity contribution in [2.24, 2.45) is 0 Å². The monoisotopic (exact) mass is 252 g/mol. The molecule has 0 aliphatic rings. The van der Waals surface area contributed by atoms with Crippen molar-refractivity contribution in [2.75, 3.05) is 41.4 Å². The zero-order valence-corrected chi connectivity index (χ0v) is 11.7. The normalized spacial score (nSPS) is 13.2. The van der Waals surface area contributed by atoms with Crippen molar-refractivity contribution in [1.82, 2.24) is 10.2 Å². The molecular formula is C14H24N2O2. The molecule has 1 aromatic rings. The Bertz CT molecular complexity index is 313. The van der Waals surface area contributed by atoms with Gasteiger partial charge in [-0.05, 0) is 19.7 Å². The van der Waals surface area contributed by atoms with E-state index in [0.717, 1.165) is 6.54 Å². The molecule has 0 radical (unpaired) electrons. The number of benzene rings is 1. The lowest BCUT2D eigenvalue weighted by atomic mass is 10.1. The highest BCUT2D eigenvalue weighted by molar-refractivity contribution is 5.19. The lowest BCUT2D eigenvalue weighted by Gasteiger charge is -2.26. The molecule has 1 unspecified atom stereocenters. The minimum Gasteiger partial charge on any atom is -0.355 e. The van der Waals surface area contributed by atoms with Crippen LogP contribution in [0.15, 0.2) is 30.3 Å². The number of nitrogens with one attached hydrogen (secondary N) is 1. The second-order valence-electron chi connectivity index (χ2n) is 4.45. The van der Waals surface area contributed by atoms with Crippen molar-refractivity contribution >= 4 is 0 Å². The highest BCUT2D eigenvalue weighted by Crippen LogP contribution is 2.16. The lowest BCUT2D eigenvalue weighted by molar-refractivity contribution is -0.0990. The van der Waals surface area contributed by atoms with Crippen LogP contribution in [0.2, 0.25) is 0 Å². The second-order valence-corrected chi connectivity index (χ2v) is 4.45. The maximum atomic E-state index is 5.15. The number of hydrogen-bond acceptors (Lipinski definition) is 4. The van der Waals surface area contributed by atoms with E-state index in [1.54, 1.807) is 14.2 Å². The van der Waals surface area contributed by atoms with Gasteiger partial charge in [-0.25, -0.2) is 0 Å². The number of ether oxygens (including phenoxy) is 2. The molecule has 0 saturated carbocycles. The zero-order valence-electron chi connectivity index (χ0n) is 11.7. The molecule has 0 spiro atoms. The topological polar surface area (TPSA) is 33.7 Å². The third-order valence-electron chi connectivity index (χ3n) is 2.98. The molecule has 0 aliphatic heterocycles. The zero-order chi connectivity index (χ0) is 13.4. The lowest BCUT2D eigenvalue weighted by Crippen LogP contribution is -2.36. The van der Waals surface area contributed by atoms with Gasteiger partial charge >= 0.3 is 0 Å². The molecule has 0 aliphatic carbocycles. The van der Waals surface area contributed by atoms with Crippen LogP contribution in [-0.2, 0) is 9.47 Å². The quantitative estimate of drug-likeness (QED) is 0.711. The number of methoxy groups -OCH3 is 2. The molecular weight excluding hydrogens is 228 g/mol. The van der Waals surface area contributed by atoms with Gasteiger partial charge in [-0.1, -0.05) is 30.3 Å². The Morgan fingerprint density at radius 3 is 2.17 bits per heavy atom. The van der Waals surface area contributed by atoms with E-state index in [1.807, 2.05) is 6.07 Å². The summed E-state index contributed by atoms with van der Waals surface area (Å²) in [5.41, 5.74) is 1.31. The summed E-state index contributed by atoms with van der Waals surface area (Å²) in [6, 6.07) is 10.8. The molecule has 1 rings (SSSR count). The van der Waals surface area contributed by atoms with Crippen molar-refractivity contribution in [3.63, 3.8) is 0 Å². The molecule has 0 aromatic heterocycles. The largest absolute Gasteiger partial charge is 0.355 e. The van der Waals surface area contributed by atoms with Crippen molar-refractivity contribution in [1.29, 1.82) is 0 Å². The molecule has 18 heavy (non-hydrogen) atoms. The van der Waals surface area contributed by atoms with Crippen LogP contribution < -0.4 is 5.32 Å². The summed E-state index contributed by atoms with van der Waals surface area (Å²) in [4.78, 5) is 2.21. The van der Waals surface area contributed by atoms with Crippen molar-refractivity contribution in [3.8, 4) is 0 Å².